The largest absolute Gasteiger partial charge is 0.380 e. The van der Waals surface area contributed by atoms with Crippen molar-refractivity contribution in [2.24, 2.45) is 0 Å². The van der Waals surface area contributed by atoms with Crippen molar-refractivity contribution in [2.75, 3.05) is 0 Å². The summed E-state index contributed by atoms with van der Waals surface area (Å²) in [5.41, 5.74) is 6.15. The van der Waals surface area contributed by atoms with Gasteiger partial charge in [-0.05, 0) is 63.6 Å². The van der Waals surface area contributed by atoms with Gasteiger partial charge in [-0.1, -0.05) is 41.5 Å². The SMILES string of the molecule is CC(C)c1c(I)ccc2c1c(C(C)C)c(C(C)C)n2[SiH3]. The van der Waals surface area contributed by atoms with E-state index in [0.29, 0.717) is 17.8 Å². The van der Waals surface area contributed by atoms with Crippen LogP contribution in [0.3, 0.4) is 0 Å². The first kappa shape index (κ1) is 16.1. The predicted octanol–water partition coefficient (Wildman–Crippen LogP) is 4.74. The zero-order valence-electron chi connectivity index (χ0n) is 13.7. The summed E-state index contributed by atoms with van der Waals surface area (Å²) in [5, 5.41) is 1.54. The van der Waals surface area contributed by atoms with E-state index in [-0.39, 0.29) is 0 Å². The molecule has 20 heavy (non-hydrogen) atoms. The van der Waals surface area contributed by atoms with Crippen LogP contribution in [-0.2, 0) is 0 Å². The molecule has 1 aromatic heterocycles. The van der Waals surface area contributed by atoms with Gasteiger partial charge in [0.1, 0.15) is 10.4 Å². The Morgan fingerprint density at radius 3 is 1.90 bits per heavy atom. The van der Waals surface area contributed by atoms with Crippen LogP contribution >= 0.6 is 22.6 Å². The Balaban J connectivity index is 3.01. The van der Waals surface area contributed by atoms with Gasteiger partial charge < -0.3 is 4.23 Å². The van der Waals surface area contributed by atoms with E-state index in [2.05, 4.69) is 80.5 Å². The molecule has 0 aliphatic carbocycles. The number of aromatic nitrogens is 1. The maximum absolute atomic E-state index is 2.55. The molecular weight excluding hydrogens is 373 g/mol. The standard InChI is InChI=1S/C17H26INSi/c1-9(2)14-12(18)7-8-13-16(14)15(10(3)4)17(11(5)6)19(13)20/h7-11H,1-6,20H3. The second-order valence-electron chi connectivity index (χ2n) is 6.68. The van der Waals surface area contributed by atoms with Crippen molar-refractivity contribution >= 4 is 43.9 Å². The summed E-state index contributed by atoms with van der Waals surface area (Å²) < 4.78 is 3.96. The fourth-order valence-electron chi connectivity index (χ4n) is 3.43. The third kappa shape index (κ3) is 2.47. The molecule has 0 atom stereocenters. The molecule has 0 bridgehead atoms. The lowest BCUT2D eigenvalue weighted by Crippen LogP contribution is -2.04. The fourth-order valence-corrected chi connectivity index (χ4v) is 5.63. The van der Waals surface area contributed by atoms with Crippen LogP contribution in [0, 0.1) is 3.57 Å². The van der Waals surface area contributed by atoms with Gasteiger partial charge in [-0.3, -0.25) is 0 Å². The summed E-state index contributed by atoms with van der Waals surface area (Å²) in [5.74, 6) is 1.75. The van der Waals surface area contributed by atoms with Crippen molar-refractivity contribution in [3.8, 4) is 0 Å². The van der Waals surface area contributed by atoms with E-state index in [4.69, 9.17) is 0 Å². The maximum Gasteiger partial charge on any atom is 0.113 e. The van der Waals surface area contributed by atoms with E-state index >= 15 is 0 Å². The van der Waals surface area contributed by atoms with Gasteiger partial charge in [-0.15, -0.1) is 0 Å². The minimum atomic E-state index is 0.576. The van der Waals surface area contributed by atoms with Crippen molar-refractivity contribution in [1.29, 1.82) is 0 Å². The molecule has 0 amide bonds. The summed E-state index contributed by atoms with van der Waals surface area (Å²) in [6.07, 6.45) is 0. The number of rotatable bonds is 3. The summed E-state index contributed by atoms with van der Waals surface area (Å²) in [6.45, 7) is 14.0. The summed E-state index contributed by atoms with van der Waals surface area (Å²) >= 11 is 2.50. The third-order valence-electron chi connectivity index (χ3n) is 4.14. The van der Waals surface area contributed by atoms with Crippen molar-refractivity contribution in [1.82, 2.24) is 4.23 Å². The Labute approximate surface area is 139 Å². The van der Waals surface area contributed by atoms with Crippen LogP contribution in [0.4, 0.5) is 0 Å². The predicted molar refractivity (Wildman–Crippen MR) is 102 cm³/mol. The highest BCUT2D eigenvalue weighted by molar-refractivity contribution is 14.1. The molecule has 0 unspecified atom stereocenters. The van der Waals surface area contributed by atoms with Gasteiger partial charge in [-0.25, -0.2) is 0 Å². The molecule has 1 nitrogen and oxygen atoms in total. The Bertz CT molecular complexity index is 638. The van der Waals surface area contributed by atoms with Gasteiger partial charge in [0.2, 0.25) is 0 Å². The van der Waals surface area contributed by atoms with Gasteiger partial charge in [0.05, 0.1) is 0 Å². The number of hydrogen-bond donors (Lipinski definition) is 0. The van der Waals surface area contributed by atoms with E-state index < -0.39 is 0 Å². The van der Waals surface area contributed by atoms with Crippen molar-refractivity contribution < 1.29 is 0 Å². The molecule has 1 aromatic carbocycles. The van der Waals surface area contributed by atoms with Gasteiger partial charge >= 0.3 is 0 Å². The molecule has 0 spiro atoms. The zero-order valence-corrected chi connectivity index (χ0v) is 17.9. The lowest BCUT2D eigenvalue weighted by atomic mass is 9.90. The fraction of sp³-hybridized carbons (Fsp3) is 0.529. The van der Waals surface area contributed by atoms with Crippen LogP contribution in [0.15, 0.2) is 12.1 Å². The van der Waals surface area contributed by atoms with Crippen molar-refractivity contribution in [3.05, 3.63) is 32.5 Å². The molecule has 0 saturated heterocycles. The van der Waals surface area contributed by atoms with Crippen molar-refractivity contribution in [3.63, 3.8) is 0 Å². The Morgan fingerprint density at radius 2 is 1.45 bits per heavy atom. The summed E-state index contributed by atoms with van der Waals surface area (Å²) in [6, 6.07) is 4.62. The van der Waals surface area contributed by atoms with Gasteiger partial charge in [0.25, 0.3) is 0 Å². The number of benzene rings is 1. The molecule has 0 saturated carbocycles. The molecule has 0 fully saturated rings. The average Bonchev–Trinajstić information content (AvgIpc) is 2.62. The van der Waals surface area contributed by atoms with Crippen LogP contribution in [0.1, 0.15) is 76.1 Å². The van der Waals surface area contributed by atoms with Crippen LogP contribution in [-0.4, -0.2) is 14.6 Å². The maximum atomic E-state index is 2.55. The monoisotopic (exact) mass is 399 g/mol. The molecule has 0 N–H and O–H groups in total. The highest BCUT2D eigenvalue weighted by atomic mass is 127. The van der Waals surface area contributed by atoms with Crippen LogP contribution < -0.4 is 0 Å². The molecule has 110 valence electrons. The molecule has 0 radical (unpaired) electrons. The van der Waals surface area contributed by atoms with E-state index in [1.54, 1.807) is 22.2 Å². The van der Waals surface area contributed by atoms with Crippen molar-refractivity contribution in [2.45, 2.75) is 59.3 Å². The number of nitrogens with zero attached hydrogens (tertiary/aromatic N) is 1. The normalized spacial score (nSPS) is 12.5. The summed E-state index contributed by atoms with van der Waals surface area (Å²) in [7, 11) is 1.06. The highest BCUT2D eigenvalue weighted by Gasteiger charge is 2.23. The molecule has 1 heterocycles. The van der Waals surface area contributed by atoms with Gasteiger partial charge in [0.15, 0.2) is 0 Å². The minimum absolute atomic E-state index is 0.576. The Kier molecular flexibility index (Phi) is 4.69. The smallest absolute Gasteiger partial charge is 0.113 e. The van der Waals surface area contributed by atoms with Crippen LogP contribution in [0.25, 0.3) is 10.9 Å². The molecular formula is C17H26INSi. The zero-order chi connectivity index (χ0) is 15.2. The number of halogens is 1. The lowest BCUT2D eigenvalue weighted by Gasteiger charge is -2.16. The molecule has 3 heteroatoms. The van der Waals surface area contributed by atoms with Crippen LogP contribution in [0.5, 0.6) is 0 Å². The number of fused-ring (bicyclic) bond motifs is 1. The molecule has 0 aliphatic rings. The van der Waals surface area contributed by atoms with E-state index in [0.717, 1.165) is 10.4 Å². The molecule has 2 aromatic rings. The Hall–Kier alpha value is -0.293. The number of hydrogen-bond acceptors (Lipinski definition) is 0. The first-order valence-electron chi connectivity index (χ1n) is 7.57. The quantitative estimate of drug-likeness (QED) is 0.519. The van der Waals surface area contributed by atoms with Gasteiger partial charge in [-0.2, -0.15) is 0 Å². The molecule has 2 rings (SSSR count). The third-order valence-corrected chi connectivity index (χ3v) is 6.04. The van der Waals surface area contributed by atoms with Gasteiger partial charge in [0, 0.05) is 20.2 Å². The second-order valence-corrected chi connectivity index (χ2v) is 8.73. The first-order chi connectivity index (χ1) is 9.27. The first-order valence-corrected chi connectivity index (χ1v) is 9.55. The molecule has 0 aliphatic heterocycles. The second kappa shape index (κ2) is 5.83. The Morgan fingerprint density at radius 1 is 0.900 bits per heavy atom. The highest BCUT2D eigenvalue weighted by Crippen LogP contribution is 2.40. The summed E-state index contributed by atoms with van der Waals surface area (Å²) in [4.78, 5) is 0. The average molecular weight is 399 g/mol. The van der Waals surface area contributed by atoms with E-state index in [9.17, 15) is 0 Å². The van der Waals surface area contributed by atoms with E-state index in [1.807, 2.05) is 0 Å². The minimum Gasteiger partial charge on any atom is -0.380 e. The van der Waals surface area contributed by atoms with Crippen LogP contribution in [0.2, 0.25) is 0 Å². The topological polar surface area (TPSA) is 4.93 Å². The lowest BCUT2D eigenvalue weighted by molar-refractivity contribution is 0.765. The van der Waals surface area contributed by atoms with E-state index in [1.165, 1.54) is 9.09 Å².